The molecule has 1 fully saturated rings. The van der Waals surface area contributed by atoms with Crippen molar-refractivity contribution in [2.75, 3.05) is 11.9 Å². The van der Waals surface area contributed by atoms with Gasteiger partial charge in [0.2, 0.25) is 0 Å². The van der Waals surface area contributed by atoms with E-state index in [0.717, 1.165) is 23.7 Å². The molecule has 3 heteroatoms. The molecule has 0 aliphatic heterocycles. The van der Waals surface area contributed by atoms with Crippen molar-refractivity contribution < 1.29 is 9.47 Å². The second kappa shape index (κ2) is 7.91. The van der Waals surface area contributed by atoms with Gasteiger partial charge in [0.05, 0.1) is 12.7 Å². The van der Waals surface area contributed by atoms with Gasteiger partial charge < -0.3 is 14.8 Å². The van der Waals surface area contributed by atoms with E-state index in [1.807, 2.05) is 31.2 Å². The number of nitrogens with one attached hydrogen (secondary N) is 1. The summed E-state index contributed by atoms with van der Waals surface area (Å²) in [7, 11) is 0. The van der Waals surface area contributed by atoms with E-state index in [1.165, 1.54) is 31.2 Å². The Kier molecular flexibility index (Phi) is 5.41. The molecule has 3 nitrogen and oxygen atoms in total. The summed E-state index contributed by atoms with van der Waals surface area (Å²) in [5.41, 5.74) is 2.32. The number of rotatable bonds is 7. The van der Waals surface area contributed by atoms with Gasteiger partial charge in [-0.05, 0) is 74.6 Å². The lowest BCUT2D eigenvalue weighted by molar-refractivity contribution is 0.210. The van der Waals surface area contributed by atoms with Gasteiger partial charge in [-0.3, -0.25) is 0 Å². The van der Waals surface area contributed by atoms with Gasteiger partial charge in [-0.1, -0.05) is 12.1 Å². The first-order valence-electron chi connectivity index (χ1n) is 8.56. The third kappa shape index (κ3) is 4.65. The van der Waals surface area contributed by atoms with Crippen LogP contribution in [-0.2, 0) is 6.54 Å². The lowest BCUT2D eigenvalue weighted by atomic mass is 10.2. The summed E-state index contributed by atoms with van der Waals surface area (Å²) < 4.78 is 11.5. The lowest BCUT2D eigenvalue weighted by Gasteiger charge is -2.14. The Labute approximate surface area is 138 Å². The van der Waals surface area contributed by atoms with Gasteiger partial charge in [0.25, 0.3) is 0 Å². The maximum absolute atomic E-state index is 6.07. The summed E-state index contributed by atoms with van der Waals surface area (Å²) in [6, 6.07) is 16.5. The quantitative estimate of drug-likeness (QED) is 0.779. The molecular formula is C20H25NO2. The lowest BCUT2D eigenvalue weighted by Crippen LogP contribution is -2.11. The first-order valence-corrected chi connectivity index (χ1v) is 8.56. The molecule has 0 atom stereocenters. The highest BCUT2D eigenvalue weighted by Gasteiger charge is 2.16. The van der Waals surface area contributed by atoms with Crippen molar-refractivity contribution >= 4 is 5.69 Å². The average Bonchev–Trinajstić information content (AvgIpc) is 3.08. The molecule has 1 saturated carbocycles. The first-order chi connectivity index (χ1) is 11.3. The van der Waals surface area contributed by atoms with E-state index in [0.29, 0.717) is 12.7 Å². The van der Waals surface area contributed by atoms with Crippen LogP contribution in [0.2, 0.25) is 0 Å². The van der Waals surface area contributed by atoms with Crippen LogP contribution in [0.25, 0.3) is 0 Å². The van der Waals surface area contributed by atoms with Crippen LogP contribution in [0.3, 0.4) is 0 Å². The molecular weight excluding hydrogens is 286 g/mol. The highest BCUT2D eigenvalue weighted by Crippen LogP contribution is 2.25. The number of anilines is 1. The van der Waals surface area contributed by atoms with Crippen molar-refractivity contribution in [2.24, 2.45) is 0 Å². The molecule has 1 N–H and O–H groups in total. The molecule has 1 aliphatic rings. The second-order valence-corrected chi connectivity index (χ2v) is 5.98. The zero-order chi connectivity index (χ0) is 15.9. The van der Waals surface area contributed by atoms with Crippen molar-refractivity contribution in [1.29, 1.82) is 0 Å². The molecule has 0 radical (unpaired) electrons. The van der Waals surface area contributed by atoms with E-state index < -0.39 is 0 Å². The predicted octanol–water partition coefficient (Wildman–Crippen LogP) is 5.02. The molecule has 1 aliphatic carbocycles. The average molecular weight is 311 g/mol. The predicted molar refractivity (Wildman–Crippen MR) is 94.3 cm³/mol. The highest BCUT2D eigenvalue weighted by atomic mass is 16.5. The van der Waals surface area contributed by atoms with Crippen LogP contribution in [0.4, 0.5) is 5.69 Å². The summed E-state index contributed by atoms with van der Waals surface area (Å²) in [5, 5.41) is 3.44. The van der Waals surface area contributed by atoms with Gasteiger partial charge in [-0.15, -0.1) is 0 Å². The van der Waals surface area contributed by atoms with Gasteiger partial charge in [-0.2, -0.15) is 0 Å². The van der Waals surface area contributed by atoms with Crippen LogP contribution in [0.5, 0.6) is 11.5 Å². The van der Waals surface area contributed by atoms with Crippen LogP contribution in [0, 0.1) is 0 Å². The minimum Gasteiger partial charge on any atom is -0.494 e. The molecule has 2 aromatic carbocycles. The fourth-order valence-corrected chi connectivity index (χ4v) is 2.97. The summed E-state index contributed by atoms with van der Waals surface area (Å²) in [4.78, 5) is 0. The van der Waals surface area contributed by atoms with Gasteiger partial charge in [0.15, 0.2) is 0 Å². The van der Waals surface area contributed by atoms with Crippen LogP contribution in [0.15, 0.2) is 48.5 Å². The normalized spacial score (nSPS) is 14.7. The summed E-state index contributed by atoms with van der Waals surface area (Å²) in [6.07, 6.45) is 5.38. The Balaban J connectivity index is 1.55. The zero-order valence-corrected chi connectivity index (χ0v) is 13.8. The maximum Gasteiger partial charge on any atom is 0.120 e. The summed E-state index contributed by atoms with van der Waals surface area (Å²) >= 11 is 0. The Hall–Kier alpha value is -2.16. The van der Waals surface area contributed by atoms with E-state index >= 15 is 0 Å². The van der Waals surface area contributed by atoms with Gasteiger partial charge in [0, 0.05) is 12.2 Å². The molecule has 23 heavy (non-hydrogen) atoms. The Morgan fingerprint density at radius 1 is 1.00 bits per heavy atom. The largest absolute Gasteiger partial charge is 0.494 e. The van der Waals surface area contributed by atoms with Crippen molar-refractivity contribution in [2.45, 2.75) is 45.3 Å². The molecule has 0 spiro atoms. The number of benzene rings is 2. The van der Waals surface area contributed by atoms with Gasteiger partial charge in [-0.25, -0.2) is 0 Å². The third-order valence-electron chi connectivity index (χ3n) is 4.17. The number of hydrogen-bond acceptors (Lipinski definition) is 3. The monoisotopic (exact) mass is 311 g/mol. The zero-order valence-electron chi connectivity index (χ0n) is 13.8. The minimum absolute atomic E-state index is 0.407. The molecule has 2 aromatic rings. The van der Waals surface area contributed by atoms with Gasteiger partial charge >= 0.3 is 0 Å². The van der Waals surface area contributed by atoms with E-state index in [-0.39, 0.29) is 0 Å². The first kappa shape index (κ1) is 15.7. The summed E-state index contributed by atoms with van der Waals surface area (Å²) in [5.74, 6) is 1.90. The number of hydrogen-bond donors (Lipinski definition) is 1. The molecule has 3 rings (SSSR count). The SMILES string of the molecule is CCOc1ccc(NCc2cccc(OC3CCCC3)c2)cc1. The standard InChI is InChI=1S/C20H25NO2/c1-2-22-18-12-10-17(11-13-18)21-15-16-6-5-9-20(14-16)23-19-7-3-4-8-19/h5-6,9-14,19,21H,2-4,7-8,15H2,1H3. The van der Waals surface area contributed by atoms with Crippen LogP contribution >= 0.6 is 0 Å². The van der Waals surface area contributed by atoms with Crippen molar-refractivity contribution in [3.8, 4) is 11.5 Å². The van der Waals surface area contributed by atoms with Crippen molar-refractivity contribution in [1.82, 2.24) is 0 Å². The van der Waals surface area contributed by atoms with Crippen molar-refractivity contribution in [3.05, 3.63) is 54.1 Å². The van der Waals surface area contributed by atoms with E-state index in [9.17, 15) is 0 Å². The van der Waals surface area contributed by atoms with E-state index in [4.69, 9.17) is 9.47 Å². The molecule has 0 amide bonds. The number of ether oxygens (including phenoxy) is 2. The molecule has 0 saturated heterocycles. The third-order valence-corrected chi connectivity index (χ3v) is 4.17. The topological polar surface area (TPSA) is 30.5 Å². The fourth-order valence-electron chi connectivity index (χ4n) is 2.97. The van der Waals surface area contributed by atoms with Crippen molar-refractivity contribution in [3.63, 3.8) is 0 Å². The van der Waals surface area contributed by atoms with Crippen LogP contribution < -0.4 is 14.8 Å². The smallest absolute Gasteiger partial charge is 0.120 e. The molecule has 0 unspecified atom stereocenters. The Morgan fingerprint density at radius 3 is 2.52 bits per heavy atom. The van der Waals surface area contributed by atoms with Crippen LogP contribution in [0.1, 0.15) is 38.2 Å². The Bertz CT molecular complexity index is 603. The fraction of sp³-hybridized carbons (Fsp3) is 0.400. The van der Waals surface area contributed by atoms with Crippen LogP contribution in [-0.4, -0.2) is 12.7 Å². The molecule has 0 heterocycles. The Morgan fingerprint density at radius 2 is 1.78 bits per heavy atom. The van der Waals surface area contributed by atoms with E-state index in [2.05, 4.69) is 29.6 Å². The molecule has 122 valence electrons. The summed E-state index contributed by atoms with van der Waals surface area (Å²) in [6.45, 7) is 3.48. The second-order valence-electron chi connectivity index (χ2n) is 5.98. The minimum atomic E-state index is 0.407. The molecule has 0 aromatic heterocycles. The highest BCUT2D eigenvalue weighted by molar-refractivity contribution is 5.47. The maximum atomic E-state index is 6.07. The molecule has 0 bridgehead atoms. The van der Waals surface area contributed by atoms with E-state index in [1.54, 1.807) is 0 Å². The van der Waals surface area contributed by atoms with Gasteiger partial charge in [0.1, 0.15) is 11.5 Å².